The normalized spacial score (nSPS) is 10.8. The molecule has 0 saturated heterocycles. The minimum Gasteiger partial charge on any atom is -0.355 e. The zero-order valence-corrected chi connectivity index (χ0v) is 18.2. The van der Waals surface area contributed by atoms with Gasteiger partial charge in [0.05, 0.1) is 6.54 Å². The zero-order valence-electron chi connectivity index (χ0n) is 14.3. The Bertz CT molecular complexity index is 703. The van der Waals surface area contributed by atoms with Crippen LogP contribution in [0.2, 0.25) is 0 Å². The van der Waals surface area contributed by atoms with Crippen molar-refractivity contribution in [2.24, 2.45) is 4.99 Å². The number of hydrogen-bond donors (Lipinski definition) is 3. The molecule has 0 saturated carbocycles. The monoisotopic (exact) mass is 519 g/mol. The van der Waals surface area contributed by atoms with E-state index in [4.69, 9.17) is 0 Å². The third-order valence-corrected chi connectivity index (χ3v) is 3.94. The van der Waals surface area contributed by atoms with Crippen LogP contribution in [0.3, 0.4) is 0 Å². The highest BCUT2D eigenvalue weighted by molar-refractivity contribution is 14.0. The summed E-state index contributed by atoms with van der Waals surface area (Å²) in [7, 11) is 1.68. The molecule has 0 aliphatic carbocycles. The van der Waals surface area contributed by atoms with Crippen LogP contribution in [0, 0.1) is 6.92 Å². The van der Waals surface area contributed by atoms with Gasteiger partial charge in [0.25, 0.3) is 0 Å². The summed E-state index contributed by atoms with van der Waals surface area (Å²) in [5, 5.41) is 9.08. The van der Waals surface area contributed by atoms with Crippen molar-refractivity contribution >= 4 is 57.5 Å². The Labute approximate surface area is 173 Å². The van der Waals surface area contributed by atoms with Crippen LogP contribution in [-0.2, 0) is 11.3 Å². The molecular weight excluding hydrogens is 497 g/mol. The minimum absolute atomic E-state index is 0. The van der Waals surface area contributed by atoms with Crippen molar-refractivity contribution in [2.75, 3.05) is 25.5 Å². The number of nitrogens with zero attached hydrogens (tertiary/aromatic N) is 2. The van der Waals surface area contributed by atoms with Crippen LogP contribution in [0.15, 0.2) is 52.2 Å². The van der Waals surface area contributed by atoms with Gasteiger partial charge in [0, 0.05) is 42.7 Å². The SMILES string of the molecule is CN=C(NCCn1cccc1)NCC(=O)Nc1cc(Br)ccc1C.I. The largest absolute Gasteiger partial charge is 0.355 e. The summed E-state index contributed by atoms with van der Waals surface area (Å²) >= 11 is 3.41. The summed E-state index contributed by atoms with van der Waals surface area (Å²) in [5.41, 5.74) is 1.81. The van der Waals surface area contributed by atoms with E-state index in [2.05, 4.69) is 41.4 Å². The average molecular weight is 520 g/mol. The summed E-state index contributed by atoms with van der Waals surface area (Å²) in [6, 6.07) is 9.76. The first-order valence-electron chi connectivity index (χ1n) is 7.70. The lowest BCUT2D eigenvalue weighted by Crippen LogP contribution is -2.42. The lowest BCUT2D eigenvalue weighted by molar-refractivity contribution is -0.115. The van der Waals surface area contributed by atoms with Crippen LogP contribution in [0.25, 0.3) is 0 Å². The molecule has 8 heteroatoms. The number of carbonyl (C=O) groups excluding carboxylic acids is 1. The topological polar surface area (TPSA) is 70.5 Å². The zero-order chi connectivity index (χ0) is 17.4. The summed E-state index contributed by atoms with van der Waals surface area (Å²) in [6.07, 6.45) is 4.01. The number of aliphatic imine (C=N–C) groups is 1. The summed E-state index contributed by atoms with van der Waals surface area (Å²) < 4.78 is 3.00. The van der Waals surface area contributed by atoms with Gasteiger partial charge in [-0.05, 0) is 36.8 Å². The van der Waals surface area contributed by atoms with Crippen molar-refractivity contribution in [3.05, 3.63) is 52.8 Å². The lowest BCUT2D eigenvalue weighted by atomic mass is 10.2. The van der Waals surface area contributed by atoms with E-state index in [1.54, 1.807) is 7.05 Å². The van der Waals surface area contributed by atoms with Crippen molar-refractivity contribution in [3.8, 4) is 0 Å². The number of rotatable bonds is 6. The molecule has 6 nitrogen and oxygen atoms in total. The van der Waals surface area contributed by atoms with Gasteiger partial charge < -0.3 is 20.5 Å². The van der Waals surface area contributed by atoms with Gasteiger partial charge in [0.2, 0.25) is 5.91 Å². The Morgan fingerprint density at radius 3 is 2.64 bits per heavy atom. The molecular formula is C17H23BrIN5O. The average Bonchev–Trinajstić information content (AvgIpc) is 3.07. The van der Waals surface area contributed by atoms with E-state index in [-0.39, 0.29) is 36.4 Å². The van der Waals surface area contributed by atoms with Crippen LogP contribution in [0.5, 0.6) is 0 Å². The number of carbonyl (C=O) groups is 1. The second kappa shape index (κ2) is 11.1. The number of amides is 1. The minimum atomic E-state index is -0.121. The van der Waals surface area contributed by atoms with E-state index in [0.29, 0.717) is 5.96 Å². The lowest BCUT2D eigenvalue weighted by Gasteiger charge is -2.13. The molecule has 1 amide bonds. The molecule has 25 heavy (non-hydrogen) atoms. The molecule has 0 aliphatic heterocycles. The molecule has 0 aliphatic rings. The van der Waals surface area contributed by atoms with Gasteiger partial charge in [-0.1, -0.05) is 22.0 Å². The molecule has 2 rings (SSSR count). The second-order valence-corrected chi connectivity index (χ2v) is 6.20. The van der Waals surface area contributed by atoms with Gasteiger partial charge in [-0.3, -0.25) is 9.79 Å². The quantitative estimate of drug-likeness (QED) is 0.312. The number of aryl methyl sites for hydroxylation is 1. The summed E-state index contributed by atoms with van der Waals surface area (Å²) in [5.74, 6) is 0.479. The first kappa shape index (κ1) is 21.5. The van der Waals surface area contributed by atoms with E-state index in [1.165, 1.54) is 0 Å². The molecule has 136 valence electrons. The maximum Gasteiger partial charge on any atom is 0.243 e. The number of aromatic nitrogens is 1. The molecule has 0 radical (unpaired) electrons. The molecule has 2 aromatic rings. The molecule has 1 aromatic heterocycles. The number of guanidine groups is 1. The highest BCUT2D eigenvalue weighted by Gasteiger charge is 2.06. The van der Waals surface area contributed by atoms with Crippen LogP contribution < -0.4 is 16.0 Å². The maximum absolute atomic E-state index is 12.1. The molecule has 0 atom stereocenters. The van der Waals surface area contributed by atoms with Crippen molar-refractivity contribution < 1.29 is 4.79 Å². The fourth-order valence-corrected chi connectivity index (χ4v) is 2.49. The van der Waals surface area contributed by atoms with Gasteiger partial charge in [0.1, 0.15) is 0 Å². The highest BCUT2D eigenvalue weighted by atomic mass is 127. The van der Waals surface area contributed by atoms with Crippen LogP contribution in [0.1, 0.15) is 5.56 Å². The number of anilines is 1. The summed E-state index contributed by atoms with van der Waals surface area (Å²) in [4.78, 5) is 16.2. The van der Waals surface area contributed by atoms with E-state index in [1.807, 2.05) is 49.6 Å². The maximum atomic E-state index is 12.1. The number of nitrogens with one attached hydrogen (secondary N) is 3. The predicted octanol–water partition coefficient (Wildman–Crippen LogP) is 2.98. The summed E-state index contributed by atoms with van der Waals surface area (Å²) in [6.45, 7) is 3.66. The van der Waals surface area contributed by atoms with Crippen molar-refractivity contribution in [2.45, 2.75) is 13.5 Å². The molecule has 1 heterocycles. The van der Waals surface area contributed by atoms with E-state index >= 15 is 0 Å². The van der Waals surface area contributed by atoms with E-state index in [0.717, 1.165) is 28.8 Å². The Morgan fingerprint density at radius 1 is 1.24 bits per heavy atom. The van der Waals surface area contributed by atoms with Gasteiger partial charge in [-0.2, -0.15) is 0 Å². The third kappa shape index (κ3) is 7.47. The van der Waals surface area contributed by atoms with E-state index in [9.17, 15) is 4.79 Å². The molecule has 0 spiro atoms. The molecule has 0 fully saturated rings. The van der Waals surface area contributed by atoms with Gasteiger partial charge in [-0.15, -0.1) is 24.0 Å². The van der Waals surface area contributed by atoms with Crippen LogP contribution >= 0.6 is 39.9 Å². The molecule has 3 N–H and O–H groups in total. The molecule has 0 unspecified atom stereocenters. The van der Waals surface area contributed by atoms with Crippen LogP contribution in [0.4, 0.5) is 5.69 Å². The Morgan fingerprint density at radius 2 is 1.96 bits per heavy atom. The Balaban J connectivity index is 0.00000312. The number of benzene rings is 1. The predicted molar refractivity (Wildman–Crippen MR) is 117 cm³/mol. The number of halogens is 2. The second-order valence-electron chi connectivity index (χ2n) is 5.28. The standard InChI is InChI=1S/C17H22BrN5O.HI/c1-13-5-6-14(18)11-15(13)22-16(24)12-21-17(19-2)20-7-10-23-8-3-4-9-23;/h3-6,8-9,11H,7,10,12H2,1-2H3,(H,22,24)(H2,19,20,21);1H. The van der Waals surface area contributed by atoms with Crippen molar-refractivity contribution in [3.63, 3.8) is 0 Å². The smallest absolute Gasteiger partial charge is 0.243 e. The fourth-order valence-electron chi connectivity index (χ4n) is 2.13. The third-order valence-electron chi connectivity index (χ3n) is 3.44. The molecule has 0 bridgehead atoms. The Kier molecular flexibility index (Phi) is 9.58. The van der Waals surface area contributed by atoms with Gasteiger partial charge in [0.15, 0.2) is 5.96 Å². The number of hydrogen-bond acceptors (Lipinski definition) is 2. The van der Waals surface area contributed by atoms with E-state index < -0.39 is 0 Å². The highest BCUT2D eigenvalue weighted by Crippen LogP contribution is 2.20. The molecule has 1 aromatic carbocycles. The fraction of sp³-hybridized carbons (Fsp3) is 0.294. The van der Waals surface area contributed by atoms with Crippen molar-refractivity contribution in [1.29, 1.82) is 0 Å². The van der Waals surface area contributed by atoms with Crippen molar-refractivity contribution in [1.82, 2.24) is 15.2 Å². The van der Waals surface area contributed by atoms with Crippen LogP contribution in [-0.4, -0.2) is 36.6 Å². The first-order chi connectivity index (χ1) is 11.6. The first-order valence-corrected chi connectivity index (χ1v) is 8.49. The Hall–Kier alpha value is -1.55. The van der Waals surface area contributed by atoms with Gasteiger partial charge >= 0.3 is 0 Å². The van der Waals surface area contributed by atoms with Gasteiger partial charge in [-0.25, -0.2) is 0 Å².